The molecule has 2 rings (SSSR count). The first-order valence-corrected chi connectivity index (χ1v) is 5.83. The molecule has 7 heteroatoms. The monoisotopic (exact) mass is 281 g/mol. The zero-order valence-corrected chi connectivity index (χ0v) is 9.87. The van der Waals surface area contributed by atoms with Crippen molar-refractivity contribution in [2.24, 2.45) is 0 Å². The molecule has 1 aromatic carbocycles. The van der Waals surface area contributed by atoms with Gasteiger partial charge in [0.15, 0.2) is 23.3 Å². The van der Waals surface area contributed by atoms with Crippen molar-refractivity contribution in [3.05, 3.63) is 29.1 Å². The van der Waals surface area contributed by atoms with E-state index in [2.05, 4.69) is 5.32 Å². The number of hydrogen-bond acceptors (Lipinski definition) is 2. The van der Waals surface area contributed by atoms with Crippen LogP contribution in [0.15, 0.2) is 0 Å². The Labute approximate surface area is 106 Å². The lowest BCUT2D eigenvalue weighted by molar-refractivity contribution is 0.0613. The van der Waals surface area contributed by atoms with Gasteiger partial charge in [-0.1, -0.05) is 12.8 Å². The smallest absolute Gasteiger partial charge is 0.200 e. The lowest BCUT2D eigenvalue weighted by Gasteiger charge is -2.23. The van der Waals surface area contributed by atoms with Crippen molar-refractivity contribution in [3.8, 4) is 0 Å². The summed E-state index contributed by atoms with van der Waals surface area (Å²) in [4.78, 5) is 0. The average Bonchev–Trinajstić information content (AvgIpc) is 2.81. The molecule has 0 radical (unpaired) electrons. The molecule has 1 aromatic rings. The lowest BCUT2D eigenvalue weighted by atomic mass is 10.0. The number of nitrogens with one attached hydrogen (secondary N) is 1. The van der Waals surface area contributed by atoms with Gasteiger partial charge >= 0.3 is 0 Å². The van der Waals surface area contributed by atoms with Gasteiger partial charge in [0.25, 0.3) is 0 Å². The summed E-state index contributed by atoms with van der Waals surface area (Å²) in [6, 6.07) is 0. The molecule has 0 aliphatic heterocycles. The number of halogens is 5. The molecule has 0 heterocycles. The minimum Gasteiger partial charge on any atom is -0.388 e. The van der Waals surface area contributed by atoms with Gasteiger partial charge in [0, 0.05) is 6.54 Å². The number of rotatable bonds is 3. The summed E-state index contributed by atoms with van der Waals surface area (Å²) in [5, 5.41) is 12.1. The van der Waals surface area contributed by atoms with Crippen molar-refractivity contribution in [3.63, 3.8) is 0 Å². The lowest BCUT2D eigenvalue weighted by Crippen LogP contribution is -2.34. The highest BCUT2D eigenvalue weighted by Crippen LogP contribution is 2.32. The van der Waals surface area contributed by atoms with E-state index in [1.54, 1.807) is 0 Å². The summed E-state index contributed by atoms with van der Waals surface area (Å²) in [5.74, 6) is -10.0. The van der Waals surface area contributed by atoms with Crippen LogP contribution in [0.25, 0.3) is 0 Å². The van der Waals surface area contributed by atoms with Crippen LogP contribution in [0.2, 0.25) is 0 Å². The van der Waals surface area contributed by atoms with Crippen molar-refractivity contribution < 1.29 is 27.1 Å². The fourth-order valence-electron chi connectivity index (χ4n) is 2.22. The second-order valence-corrected chi connectivity index (χ2v) is 4.73. The maximum Gasteiger partial charge on any atom is 0.200 e. The van der Waals surface area contributed by atoms with Crippen LogP contribution < -0.4 is 5.32 Å². The largest absolute Gasteiger partial charge is 0.388 e. The predicted molar refractivity (Wildman–Crippen MR) is 58.1 cm³/mol. The third-order valence-corrected chi connectivity index (χ3v) is 3.34. The minimum atomic E-state index is -2.19. The molecule has 1 aliphatic carbocycles. The van der Waals surface area contributed by atoms with Crippen molar-refractivity contribution in [1.29, 1.82) is 0 Å². The minimum absolute atomic E-state index is 0.259. The van der Waals surface area contributed by atoms with Crippen molar-refractivity contribution >= 4 is 5.69 Å². The topological polar surface area (TPSA) is 32.3 Å². The second kappa shape index (κ2) is 4.96. The number of anilines is 1. The number of hydrogen-bond donors (Lipinski definition) is 2. The van der Waals surface area contributed by atoms with Crippen LogP contribution >= 0.6 is 0 Å². The number of aliphatic hydroxyl groups is 1. The highest BCUT2D eigenvalue weighted by atomic mass is 19.2. The summed E-state index contributed by atoms with van der Waals surface area (Å²) >= 11 is 0. The average molecular weight is 281 g/mol. The summed E-state index contributed by atoms with van der Waals surface area (Å²) in [7, 11) is 0. The van der Waals surface area contributed by atoms with Gasteiger partial charge in [-0.2, -0.15) is 0 Å². The molecule has 1 aliphatic rings. The first-order valence-electron chi connectivity index (χ1n) is 5.83. The van der Waals surface area contributed by atoms with Crippen molar-refractivity contribution in [2.75, 3.05) is 11.9 Å². The Morgan fingerprint density at radius 3 is 1.74 bits per heavy atom. The van der Waals surface area contributed by atoms with Gasteiger partial charge in [-0.05, 0) is 12.8 Å². The molecule has 0 amide bonds. The van der Waals surface area contributed by atoms with E-state index in [1.807, 2.05) is 0 Å². The summed E-state index contributed by atoms with van der Waals surface area (Å²) in [6.45, 7) is -0.259. The molecule has 1 fully saturated rings. The molecule has 2 nitrogen and oxygen atoms in total. The normalized spacial score (nSPS) is 17.8. The Bertz CT molecular complexity index is 470. The third-order valence-electron chi connectivity index (χ3n) is 3.34. The molecular weight excluding hydrogens is 269 g/mol. The van der Waals surface area contributed by atoms with E-state index in [-0.39, 0.29) is 6.54 Å². The van der Waals surface area contributed by atoms with E-state index in [1.165, 1.54) is 0 Å². The third kappa shape index (κ3) is 2.51. The fraction of sp³-hybridized carbons (Fsp3) is 0.500. The first kappa shape index (κ1) is 14.0. The molecule has 106 valence electrons. The summed E-state index contributed by atoms with van der Waals surface area (Å²) in [6.07, 6.45) is 2.37. The molecule has 0 unspecified atom stereocenters. The van der Waals surface area contributed by atoms with Gasteiger partial charge in [-0.25, -0.2) is 22.0 Å². The zero-order chi connectivity index (χ0) is 14.2. The van der Waals surface area contributed by atoms with Gasteiger partial charge in [-0.15, -0.1) is 0 Å². The molecule has 0 atom stereocenters. The van der Waals surface area contributed by atoms with Crippen LogP contribution in [0.3, 0.4) is 0 Å². The molecule has 2 N–H and O–H groups in total. The van der Waals surface area contributed by atoms with Crippen LogP contribution in [0.1, 0.15) is 25.7 Å². The van der Waals surface area contributed by atoms with Gasteiger partial charge in [0.1, 0.15) is 5.69 Å². The van der Waals surface area contributed by atoms with Crippen LogP contribution in [0.4, 0.5) is 27.6 Å². The molecular formula is C12H12F5NO. The highest BCUT2D eigenvalue weighted by molar-refractivity contribution is 5.48. The molecule has 0 spiro atoms. The predicted octanol–water partition coefficient (Wildman–Crippen LogP) is 3.10. The van der Waals surface area contributed by atoms with Gasteiger partial charge in [0.2, 0.25) is 5.82 Å². The maximum atomic E-state index is 13.3. The van der Waals surface area contributed by atoms with Crippen LogP contribution in [-0.2, 0) is 0 Å². The molecule has 1 saturated carbocycles. The molecule has 0 aromatic heterocycles. The Kier molecular flexibility index (Phi) is 3.66. The summed E-state index contributed by atoms with van der Waals surface area (Å²) in [5.41, 5.74) is -2.27. The van der Waals surface area contributed by atoms with Gasteiger partial charge < -0.3 is 10.4 Å². The van der Waals surface area contributed by atoms with E-state index in [0.29, 0.717) is 12.8 Å². The van der Waals surface area contributed by atoms with E-state index in [9.17, 15) is 27.1 Å². The standard InChI is InChI=1S/C12H12F5NO/c13-6-7(14)9(16)11(10(17)8(6)15)18-5-12(19)3-1-2-4-12/h18-19H,1-5H2. The fourth-order valence-corrected chi connectivity index (χ4v) is 2.22. The number of benzene rings is 1. The quantitative estimate of drug-likeness (QED) is 0.507. The van der Waals surface area contributed by atoms with Crippen LogP contribution in [0, 0.1) is 29.1 Å². The van der Waals surface area contributed by atoms with E-state index < -0.39 is 40.4 Å². The first-order chi connectivity index (χ1) is 8.86. The molecule has 0 saturated heterocycles. The van der Waals surface area contributed by atoms with E-state index in [0.717, 1.165) is 12.8 Å². The second-order valence-electron chi connectivity index (χ2n) is 4.73. The van der Waals surface area contributed by atoms with E-state index in [4.69, 9.17) is 0 Å². The Hall–Kier alpha value is -1.37. The SMILES string of the molecule is OC1(CNc2c(F)c(F)c(F)c(F)c2F)CCCC1. The Balaban J connectivity index is 2.25. The van der Waals surface area contributed by atoms with Gasteiger partial charge in [-0.3, -0.25) is 0 Å². The van der Waals surface area contributed by atoms with Crippen LogP contribution in [0.5, 0.6) is 0 Å². The molecule has 0 bridgehead atoms. The highest BCUT2D eigenvalue weighted by Gasteiger charge is 2.32. The summed E-state index contributed by atoms with van der Waals surface area (Å²) < 4.78 is 65.4. The zero-order valence-electron chi connectivity index (χ0n) is 9.87. The Morgan fingerprint density at radius 2 is 1.26 bits per heavy atom. The van der Waals surface area contributed by atoms with Gasteiger partial charge in [0.05, 0.1) is 5.60 Å². The van der Waals surface area contributed by atoms with Crippen molar-refractivity contribution in [1.82, 2.24) is 0 Å². The Morgan fingerprint density at radius 1 is 0.842 bits per heavy atom. The van der Waals surface area contributed by atoms with E-state index >= 15 is 0 Å². The molecule has 19 heavy (non-hydrogen) atoms. The maximum absolute atomic E-state index is 13.3. The van der Waals surface area contributed by atoms with Crippen LogP contribution in [-0.4, -0.2) is 17.3 Å². The van der Waals surface area contributed by atoms with Crippen molar-refractivity contribution in [2.45, 2.75) is 31.3 Å².